The van der Waals surface area contributed by atoms with Gasteiger partial charge in [0.1, 0.15) is 17.3 Å². The van der Waals surface area contributed by atoms with Crippen LogP contribution in [-0.4, -0.2) is 49.2 Å². The Labute approximate surface area is 171 Å². The molecule has 29 heavy (non-hydrogen) atoms. The van der Waals surface area contributed by atoms with Crippen molar-refractivity contribution in [1.82, 2.24) is 4.90 Å². The number of rotatable bonds is 12. The number of aliphatic carboxylic acids is 1. The number of hydrogen-bond donors (Lipinski definition) is 1. The molecule has 0 unspecified atom stereocenters. The van der Waals surface area contributed by atoms with Gasteiger partial charge < -0.3 is 23.9 Å². The third-order valence-corrected chi connectivity index (χ3v) is 4.79. The minimum atomic E-state index is -0.825. The van der Waals surface area contributed by atoms with Crippen LogP contribution in [-0.2, 0) is 11.2 Å². The molecular formula is C22H29NO6. The van der Waals surface area contributed by atoms with E-state index in [0.29, 0.717) is 43.0 Å². The van der Waals surface area contributed by atoms with E-state index in [1.165, 1.54) is 0 Å². The number of aryl methyl sites for hydroxylation is 1. The number of hydrogen-bond acceptors (Lipinski definition) is 5. The predicted octanol–water partition coefficient (Wildman–Crippen LogP) is 3.94. The number of methoxy groups -OCH3 is 2. The van der Waals surface area contributed by atoms with Crippen molar-refractivity contribution in [3.05, 3.63) is 47.4 Å². The van der Waals surface area contributed by atoms with Gasteiger partial charge in [-0.3, -0.25) is 9.59 Å². The highest BCUT2D eigenvalue weighted by molar-refractivity contribution is 5.95. The van der Waals surface area contributed by atoms with Crippen LogP contribution in [0.5, 0.6) is 11.5 Å². The fraction of sp³-hybridized carbons (Fsp3) is 0.455. The summed E-state index contributed by atoms with van der Waals surface area (Å²) in [6, 6.07) is 7.19. The average Bonchev–Trinajstić information content (AvgIpc) is 3.22. The van der Waals surface area contributed by atoms with E-state index in [0.717, 1.165) is 24.2 Å². The molecule has 1 N–H and O–H groups in total. The molecule has 0 atom stereocenters. The maximum Gasteiger partial charge on any atom is 0.303 e. The second kappa shape index (κ2) is 11.1. The van der Waals surface area contributed by atoms with Gasteiger partial charge in [-0.25, -0.2) is 0 Å². The molecule has 2 aromatic rings. The van der Waals surface area contributed by atoms with Crippen LogP contribution in [0.15, 0.2) is 34.9 Å². The van der Waals surface area contributed by atoms with Gasteiger partial charge in [-0.1, -0.05) is 0 Å². The van der Waals surface area contributed by atoms with Crippen LogP contribution in [0.25, 0.3) is 0 Å². The van der Waals surface area contributed by atoms with Crippen molar-refractivity contribution >= 4 is 11.9 Å². The SMILES string of the molecule is COc1cc(C(=O)N(CCCCC(=O)O)CCCc2ccco2)cc(OC)c1C. The standard InChI is InChI=1S/C22H29NO6/c1-16-19(27-2)14-17(15-20(16)28-3)22(26)23(11-5-4-10-21(24)25)12-6-8-18-9-7-13-29-18/h7,9,13-15H,4-6,8,10-12H2,1-3H3,(H,24,25). The fourth-order valence-corrected chi connectivity index (χ4v) is 3.18. The van der Waals surface area contributed by atoms with E-state index in [2.05, 4.69) is 0 Å². The van der Waals surface area contributed by atoms with Crippen LogP contribution >= 0.6 is 0 Å². The van der Waals surface area contributed by atoms with Gasteiger partial charge in [0.15, 0.2) is 0 Å². The number of nitrogens with zero attached hydrogens (tertiary/aromatic N) is 1. The highest BCUT2D eigenvalue weighted by Crippen LogP contribution is 2.30. The largest absolute Gasteiger partial charge is 0.496 e. The third kappa shape index (κ3) is 6.55. The van der Waals surface area contributed by atoms with E-state index in [1.54, 1.807) is 37.5 Å². The lowest BCUT2D eigenvalue weighted by molar-refractivity contribution is -0.137. The first-order valence-corrected chi connectivity index (χ1v) is 9.72. The van der Waals surface area contributed by atoms with Crippen molar-refractivity contribution in [2.24, 2.45) is 0 Å². The zero-order chi connectivity index (χ0) is 21.2. The quantitative estimate of drug-likeness (QED) is 0.540. The van der Waals surface area contributed by atoms with E-state index in [9.17, 15) is 9.59 Å². The van der Waals surface area contributed by atoms with Crippen molar-refractivity contribution < 1.29 is 28.6 Å². The van der Waals surface area contributed by atoms with Crippen molar-refractivity contribution in [2.45, 2.75) is 39.0 Å². The summed E-state index contributed by atoms with van der Waals surface area (Å²) in [7, 11) is 3.12. The van der Waals surface area contributed by atoms with E-state index in [1.807, 2.05) is 19.1 Å². The molecule has 158 valence electrons. The molecule has 0 bridgehead atoms. The molecule has 0 radical (unpaired) electrons. The Morgan fingerprint density at radius 3 is 2.28 bits per heavy atom. The number of carbonyl (C=O) groups is 2. The Morgan fingerprint density at radius 2 is 1.72 bits per heavy atom. The van der Waals surface area contributed by atoms with Crippen LogP contribution in [0.4, 0.5) is 0 Å². The van der Waals surface area contributed by atoms with Gasteiger partial charge in [-0.2, -0.15) is 0 Å². The summed E-state index contributed by atoms with van der Waals surface area (Å²) in [5.41, 5.74) is 1.32. The Kier molecular flexibility index (Phi) is 8.58. The highest BCUT2D eigenvalue weighted by atomic mass is 16.5. The third-order valence-electron chi connectivity index (χ3n) is 4.79. The molecular weight excluding hydrogens is 374 g/mol. The minimum absolute atomic E-state index is 0.0978. The first-order chi connectivity index (χ1) is 14.0. The number of ether oxygens (including phenoxy) is 2. The predicted molar refractivity (Wildman–Crippen MR) is 109 cm³/mol. The van der Waals surface area contributed by atoms with Crippen molar-refractivity contribution in [3.63, 3.8) is 0 Å². The Hall–Kier alpha value is -2.96. The molecule has 1 heterocycles. The van der Waals surface area contributed by atoms with Crippen LogP contribution in [0.1, 0.15) is 47.4 Å². The molecule has 1 aromatic carbocycles. The van der Waals surface area contributed by atoms with Gasteiger partial charge in [0, 0.05) is 37.1 Å². The molecule has 0 fully saturated rings. The van der Waals surface area contributed by atoms with Crippen molar-refractivity contribution in [1.29, 1.82) is 0 Å². The van der Waals surface area contributed by atoms with Gasteiger partial charge in [-0.15, -0.1) is 0 Å². The van der Waals surface area contributed by atoms with Crippen LogP contribution < -0.4 is 9.47 Å². The van der Waals surface area contributed by atoms with Gasteiger partial charge in [-0.05, 0) is 50.5 Å². The summed E-state index contributed by atoms with van der Waals surface area (Å²) >= 11 is 0. The summed E-state index contributed by atoms with van der Waals surface area (Å²) in [5.74, 6) is 1.11. The maximum absolute atomic E-state index is 13.2. The number of carboxylic acid groups (broad SMARTS) is 1. The molecule has 0 saturated carbocycles. The number of furan rings is 1. The Balaban J connectivity index is 2.12. The molecule has 0 aliphatic carbocycles. The van der Waals surface area contributed by atoms with Gasteiger partial charge in [0.05, 0.1) is 20.5 Å². The summed E-state index contributed by atoms with van der Waals surface area (Å²) in [6.07, 6.45) is 4.36. The topological polar surface area (TPSA) is 89.2 Å². The Bertz CT molecular complexity index is 775. The van der Waals surface area contributed by atoms with Crippen LogP contribution in [0.2, 0.25) is 0 Å². The van der Waals surface area contributed by atoms with Gasteiger partial charge in [0.25, 0.3) is 5.91 Å². The summed E-state index contributed by atoms with van der Waals surface area (Å²) in [4.78, 5) is 25.7. The number of benzene rings is 1. The molecule has 0 saturated heterocycles. The first kappa shape index (κ1) is 22.3. The van der Waals surface area contributed by atoms with E-state index >= 15 is 0 Å². The maximum atomic E-state index is 13.2. The fourth-order valence-electron chi connectivity index (χ4n) is 3.18. The molecule has 0 aliphatic rings. The highest BCUT2D eigenvalue weighted by Gasteiger charge is 2.19. The number of carbonyl (C=O) groups excluding carboxylic acids is 1. The second-order valence-corrected chi connectivity index (χ2v) is 6.83. The smallest absolute Gasteiger partial charge is 0.303 e. The normalized spacial score (nSPS) is 10.6. The lowest BCUT2D eigenvalue weighted by Crippen LogP contribution is -2.33. The monoisotopic (exact) mass is 403 g/mol. The number of amides is 1. The molecule has 1 aromatic heterocycles. The van der Waals surface area contributed by atoms with Crippen molar-refractivity contribution in [2.75, 3.05) is 27.3 Å². The minimum Gasteiger partial charge on any atom is -0.496 e. The number of unbranched alkanes of at least 4 members (excludes halogenated alkanes) is 1. The van der Waals surface area contributed by atoms with Crippen LogP contribution in [0, 0.1) is 6.92 Å². The molecule has 7 nitrogen and oxygen atoms in total. The zero-order valence-corrected chi connectivity index (χ0v) is 17.3. The van der Waals surface area contributed by atoms with E-state index in [-0.39, 0.29) is 12.3 Å². The van der Waals surface area contributed by atoms with E-state index in [4.69, 9.17) is 19.0 Å². The molecule has 7 heteroatoms. The van der Waals surface area contributed by atoms with Gasteiger partial charge in [0.2, 0.25) is 0 Å². The second-order valence-electron chi connectivity index (χ2n) is 6.83. The zero-order valence-electron chi connectivity index (χ0n) is 17.3. The lowest BCUT2D eigenvalue weighted by atomic mass is 10.1. The summed E-state index contributed by atoms with van der Waals surface area (Å²) < 4.78 is 16.1. The number of carboxylic acids is 1. The molecule has 1 amide bonds. The Morgan fingerprint density at radius 1 is 1.07 bits per heavy atom. The summed E-state index contributed by atoms with van der Waals surface area (Å²) in [5, 5.41) is 8.84. The van der Waals surface area contributed by atoms with Crippen molar-refractivity contribution in [3.8, 4) is 11.5 Å². The molecule has 0 aliphatic heterocycles. The lowest BCUT2D eigenvalue weighted by Gasteiger charge is -2.23. The van der Waals surface area contributed by atoms with Crippen LogP contribution in [0.3, 0.4) is 0 Å². The average molecular weight is 403 g/mol. The van der Waals surface area contributed by atoms with E-state index < -0.39 is 5.97 Å². The molecule has 2 rings (SSSR count). The van der Waals surface area contributed by atoms with Gasteiger partial charge >= 0.3 is 5.97 Å². The first-order valence-electron chi connectivity index (χ1n) is 9.72. The summed E-state index contributed by atoms with van der Waals surface area (Å²) in [6.45, 7) is 2.91. The molecule has 0 spiro atoms.